The predicted molar refractivity (Wildman–Crippen MR) is 87.7 cm³/mol. The van der Waals surface area contributed by atoms with Gasteiger partial charge < -0.3 is 4.74 Å². The molecule has 25 heavy (non-hydrogen) atoms. The molecule has 2 aromatic rings. The summed E-state index contributed by atoms with van der Waals surface area (Å²) >= 11 is 0.816. The number of halogens is 3. The minimum Gasteiger partial charge on any atom is -0.406 e. The minimum absolute atomic E-state index is 0.288. The van der Waals surface area contributed by atoms with Gasteiger partial charge in [0, 0.05) is 0 Å². The van der Waals surface area contributed by atoms with E-state index in [1.807, 2.05) is 0 Å². The average Bonchev–Trinajstić information content (AvgIpc) is 2.84. The van der Waals surface area contributed by atoms with E-state index >= 15 is 0 Å². The molecule has 0 saturated carbocycles. The molecule has 0 atom stereocenters. The zero-order valence-electron chi connectivity index (χ0n) is 12.5. The molecule has 0 aliphatic carbocycles. The van der Waals surface area contributed by atoms with Crippen molar-refractivity contribution in [1.29, 1.82) is 0 Å². The first-order valence-corrected chi connectivity index (χ1v) is 7.83. The van der Waals surface area contributed by atoms with E-state index < -0.39 is 17.5 Å². The zero-order chi connectivity index (χ0) is 18.0. The lowest BCUT2D eigenvalue weighted by atomic mass is 10.0. The molecule has 0 bridgehead atoms. The van der Waals surface area contributed by atoms with Crippen molar-refractivity contribution in [3.8, 4) is 16.9 Å². The van der Waals surface area contributed by atoms with Crippen LogP contribution in [0.5, 0.6) is 5.75 Å². The van der Waals surface area contributed by atoms with E-state index in [0.29, 0.717) is 11.1 Å². The standard InChI is InChI=1S/C17H10F3NO3S/c18-17(19,20)24-13-6-4-11(5-7-13)12-3-1-2-10(8-12)9-14-15(22)21-16(23)25-14/h1-9H,(H,21,22,23)/b14-9-. The molecule has 1 N–H and O–H groups in total. The summed E-state index contributed by atoms with van der Waals surface area (Å²) in [4.78, 5) is 23.0. The average molecular weight is 365 g/mol. The van der Waals surface area contributed by atoms with Crippen LogP contribution < -0.4 is 10.1 Å². The van der Waals surface area contributed by atoms with Crippen LogP contribution in [-0.4, -0.2) is 17.5 Å². The van der Waals surface area contributed by atoms with Gasteiger partial charge in [-0.2, -0.15) is 0 Å². The van der Waals surface area contributed by atoms with E-state index in [1.54, 1.807) is 30.3 Å². The minimum atomic E-state index is -4.73. The quantitative estimate of drug-likeness (QED) is 0.809. The number of amides is 2. The van der Waals surface area contributed by atoms with Crippen LogP contribution in [-0.2, 0) is 4.79 Å². The Balaban J connectivity index is 1.83. The number of hydrogen-bond acceptors (Lipinski definition) is 4. The van der Waals surface area contributed by atoms with Crippen LogP contribution >= 0.6 is 11.8 Å². The fourth-order valence-electron chi connectivity index (χ4n) is 2.23. The molecule has 4 nitrogen and oxygen atoms in total. The van der Waals surface area contributed by atoms with Crippen LogP contribution in [0.15, 0.2) is 53.4 Å². The van der Waals surface area contributed by atoms with E-state index in [1.165, 1.54) is 24.3 Å². The lowest BCUT2D eigenvalue weighted by Gasteiger charge is -2.09. The highest BCUT2D eigenvalue weighted by molar-refractivity contribution is 8.18. The zero-order valence-corrected chi connectivity index (χ0v) is 13.3. The van der Waals surface area contributed by atoms with Gasteiger partial charge in [0.05, 0.1) is 4.91 Å². The number of carbonyl (C=O) groups is 2. The molecule has 128 valence electrons. The molecule has 1 aliphatic heterocycles. The fourth-order valence-corrected chi connectivity index (χ4v) is 2.91. The number of alkyl halides is 3. The first-order valence-electron chi connectivity index (χ1n) is 7.01. The highest BCUT2D eigenvalue weighted by atomic mass is 32.2. The first-order chi connectivity index (χ1) is 11.8. The third kappa shape index (κ3) is 4.42. The highest BCUT2D eigenvalue weighted by Gasteiger charge is 2.31. The lowest BCUT2D eigenvalue weighted by Crippen LogP contribution is -2.17. The normalized spacial score (nSPS) is 16.2. The number of nitrogens with one attached hydrogen (secondary N) is 1. The summed E-state index contributed by atoms with van der Waals surface area (Å²) in [6.07, 6.45) is -3.15. The Bertz CT molecular complexity index is 860. The summed E-state index contributed by atoms with van der Waals surface area (Å²) in [5, 5.41) is 1.75. The number of benzene rings is 2. The van der Waals surface area contributed by atoms with Gasteiger partial charge in [0.1, 0.15) is 5.75 Å². The molecule has 2 aromatic carbocycles. The molecule has 1 heterocycles. The lowest BCUT2D eigenvalue weighted by molar-refractivity contribution is -0.274. The van der Waals surface area contributed by atoms with E-state index in [-0.39, 0.29) is 10.7 Å². The summed E-state index contributed by atoms with van der Waals surface area (Å²) in [6, 6.07) is 12.5. The molecule has 8 heteroatoms. The molecular formula is C17H10F3NO3S. The maximum absolute atomic E-state index is 12.2. The monoisotopic (exact) mass is 365 g/mol. The second kappa shape index (κ2) is 6.64. The van der Waals surface area contributed by atoms with Gasteiger partial charge in [0.15, 0.2) is 0 Å². The van der Waals surface area contributed by atoms with Crippen LogP contribution in [0.1, 0.15) is 5.56 Å². The Morgan fingerprint density at radius 3 is 2.32 bits per heavy atom. The van der Waals surface area contributed by atoms with Crippen LogP contribution in [0, 0.1) is 0 Å². The van der Waals surface area contributed by atoms with Crippen molar-refractivity contribution in [1.82, 2.24) is 5.32 Å². The first kappa shape index (κ1) is 17.1. The Morgan fingerprint density at radius 1 is 1.00 bits per heavy atom. The van der Waals surface area contributed by atoms with Crippen molar-refractivity contribution >= 4 is 29.0 Å². The second-order valence-corrected chi connectivity index (χ2v) is 6.06. The van der Waals surface area contributed by atoms with Crippen molar-refractivity contribution < 1.29 is 27.5 Å². The number of rotatable bonds is 3. The highest BCUT2D eigenvalue weighted by Crippen LogP contribution is 2.29. The Labute approximate surface area is 144 Å². The Morgan fingerprint density at radius 2 is 1.72 bits per heavy atom. The van der Waals surface area contributed by atoms with E-state index in [0.717, 1.165) is 17.3 Å². The SMILES string of the molecule is O=C1NC(=O)/C(=C/c2cccc(-c3ccc(OC(F)(F)F)cc3)c2)S1. The summed E-state index contributed by atoms with van der Waals surface area (Å²) < 4.78 is 40.4. The molecule has 1 saturated heterocycles. The van der Waals surface area contributed by atoms with Gasteiger partial charge in [0.2, 0.25) is 0 Å². The van der Waals surface area contributed by atoms with Crippen LogP contribution in [0.3, 0.4) is 0 Å². The number of imide groups is 1. The van der Waals surface area contributed by atoms with Gasteiger partial charge >= 0.3 is 6.36 Å². The van der Waals surface area contributed by atoms with Gasteiger partial charge in [-0.1, -0.05) is 30.3 Å². The van der Waals surface area contributed by atoms with Crippen molar-refractivity contribution in [2.24, 2.45) is 0 Å². The van der Waals surface area contributed by atoms with Gasteiger partial charge in [-0.25, -0.2) is 0 Å². The van der Waals surface area contributed by atoms with E-state index in [4.69, 9.17) is 0 Å². The maximum atomic E-state index is 12.2. The smallest absolute Gasteiger partial charge is 0.406 e. The topological polar surface area (TPSA) is 55.4 Å². The maximum Gasteiger partial charge on any atom is 0.573 e. The largest absolute Gasteiger partial charge is 0.573 e. The molecule has 3 rings (SSSR count). The van der Waals surface area contributed by atoms with Crippen molar-refractivity contribution in [2.45, 2.75) is 6.36 Å². The molecule has 0 aromatic heterocycles. The molecule has 2 amide bonds. The van der Waals surface area contributed by atoms with Crippen LogP contribution in [0.4, 0.5) is 18.0 Å². The molecular weight excluding hydrogens is 355 g/mol. The molecule has 1 fully saturated rings. The van der Waals surface area contributed by atoms with E-state index in [9.17, 15) is 22.8 Å². The van der Waals surface area contributed by atoms with Crippen LogP contribution in [0.25, 0.3) is 17.2 Å². The predicted octanol–water partition coefficient (Wildman–Crippen LogP) is 4.58. The van der Waals surface area contributed by atoms with Gasteiger partial charge in [-0.15, -0.1) is 13.2 Å². The molecule has 0 radical (unpaired) electrons. The number of thioether (sulfide) groups is 1. The van der Waals surface area contributed by atoms with Gasteiger partial charge in [-0.3, -0.25) is 14.9 Å². The summed E-state index contributed by atoms with van der Waals surface area (Å²) in [5.41, 5.74) is 2.14. The van der Waals surface area contributed by atoms with Gasteiger partial charge in [-0.05, 0) is 52.7 Å². The number of ether oxygens (including phenoxy) is 1. The fraction of sp³-hybridized carbons (Fsp3) is 0.0588. The Hall–Kier alpha value is -2.74. The van der Waals surface area contributed by atoms with Crippen molar-refractivity contribution in [2.75, 3.05) is 0 Å². The molecule has 0 spiro atoms. The van der Waals surface area contributed by atoms with E-state index in [2.05, 4.69) is 10.1 Å². The Kier molecular flexibility index (Phi) is 4.54. The van der Waals surface area contributed by atoms with Crippen LogP contribution in [0.2, 0.25) is 0 Å². The van der Waals surface area contributed by atoms with Crippen molar-refractivity contribution in [3.05, 3.63) is 59.0 Å². The second-order valence-electron chi connectivity index (χ2n) is 5.05. The third-order valence-corrected chi connectivity index (χ3v) is 4.06. The number of carbonyl (C=O) groups excluding carboxylic acids is 2. The van der Waals surface area contributed by atoms with Crippen molar-refractivity contribution in [3.63, 3.8) is 0 Å². The molecule has 0 unspecified atom stereocenters. The summed E-state index contributed by atoms with van der Waals surface area (Å²) in [5.74, 6) is -0.749. The number of hydrogen-bond donors (Lipinski definition) is 1. The van der Waals surface area contributed by atoms with Gasteiger partial charge in [0.25, 0.3) is 11.1 Å². The summed E-state index contributed by atoms with van der Waals surface area (Å²) in [7, 11) is 0. The third-order valence-electron chi connectivity index (χ3n) is 3.25. The summed E-state index contributed by atoms with van der Waals surface area (Å²) in [6.45, 7) is 0. The molecule has 1 aliphatic rings.